The summed E-state index contributed by atoms with van der Waals surface area (Å²) in [6.45, 7) is 3.79. The number of hydrogen-bond donors (Lipinski definition) is 2. The van der Waals surface area contributed by atoms with Gasteiger partial charge in [0.25, 0.3) is 5.91 Å². The lowest BCUT2D eigenvalue weighted by molar-refractivity contribution is -0.113. The molecule has 0 aliphatic heterocycles. The van der Waals surface area contributed by atoms with E-state index in [0.29, 0.717) is 16.4 Å². The Morgan fingerprint density at radius 1 is 1.16 bits per heavy atom. The Kier molecular flexibility index (Phi) is 5.33. The molecule has 2 aromatic rings. The molecule has 0 saturated heterocycles. The largest absolute Gasteiger partial charge is 0.349 e. The zero-order valence-corrected chi connectivity index (χ0v) is 15.0. The molecule has 6 nitrogen and oxygen atoms in total. The summed E-state index contributed by atoms with van der Waals surface area (Å²) in [5.74, 6) is -0.162. The van der Waals surface area contributed by atoms with Gasteiger partial charge in [-0.25, -0.2) is 9.97 Å². The molecule has 0 atom stereocenters. The number of carbonyl (C=O) groups is 2. The minimum absolute atomic E-state index is 0.149. The van der Waals surface area contributed by atoms with Crippen LogP contribution in [0.4, 0.5) is 5.69 Å². The number of anilines is 1. The predicted octanol–water partition coefficient (Wildman–Crippen LogP) is 2.72. The molecule has 2 amide bonds. The first kappa shape index (κ1) is 17.4. The lowest BCUT2D eigenvalue weighted by Crippen LogP contribution is -2.27. The van der Waals surface area contributed by atoms with Crippen LogP contribution in [-0.2, 0) is 4.79 Å². The number of aromatic nitrogens is 2. The van der Waals surface area contributed by atoms with Gasteiger partial charge in [0.2, 0.25) is 5.91 Å². The number of nitrogens with one attached hydrogen (secondary N) is 2. The molecule has 1 aromatic carbocycles. The summed E-state index contributed by atoms with van der Waals surface area (Å²) in [6.07, 6.45) is 2.04. The number of rotatable bonds is 6. The Morgan fingerprint density at radius 3 is 2.52 bits per heavy atom. The van der Waals surface area contributed by atoms with E-state index in [9.17, 15) is 9.59 Å². The van der Waals surface area contributed by atoms with E-state index in [-0.39, 0.29) is 23.6 Å². The van der Waals surface area contributed by atoms with Crippen molar-refractivity contribution >= 4 is 29.3 Å². The molecule has 1 fully saturated rings. The van der Waals surface area contributed by atoms with Crippen LogP contribution in [0.5, 0.6) is 0 Å². The van der Waals surface area contributed by atoms with E-state index in [1.807, 2.05) is 19.9 Å². The van der Waals surface area contributed by atoms with Crippen LogP contribution >= 0.6 is 11.8 Å². The van der Waals surface area contributed by atoms with Crippen LogP contribution in [0.3, 0.4) is 0 Å². The molecule has 0 spiro atoms. The molecule has 1 saturated carbocycles. The summed E-state index contributed by atoms with van der Waals surface area (Å²) in [7, 11) is 0. The summed E-state index contributed by atoms with van der Waals surface area (Å²) in [6, 6.07) is 9.19. The fourth-order valence-electron chi connectivity index (χ4n) is 2.36. The average Bonchev–Trinajstić information content (AvgIpc) is 3.36. The number of nitrogens with zero attached hydrogens (tertiary/aromatic N) is 2. The van der Waals surface area contributed by atoms with Crippen LogP contribution in [0.1, 0.15) is 34.6 Å². The molecular weight excluding hydrogens is 336 g/mol. The maximum absolute atomic E-state index is 12.3. The van der Waals surface area contributed by atoms with Gasteiger partial charge in [-0.3, -0.25) is 9.59 Å². The maximum atomic E-state index is 12.3. The summed E-state index contributed by atoms with van der Waals surface area (Å²) < 4.78 is 0. The first-order valence-corrected chi connectivity index (χ1v) is 9.14. The quantitative estimate of drug-likeness (QED) is 0.614. The van der Waals surface area contributed by atoms with E-state index < -0.39 is 0 Å². The third kappa shape index (κ3) is 5.03. The van der Waals surface area contributed by atoms with E-state index in [1.54, 1.807) is 24.3 Å². The molecule has 1 aromatic heterocycles. The molecule has 0 bridgehead atoms. The first-order valence-electron chi connectivity index (χ1n) is 8.16. The van der Waals surface area contributed by atoms with Crippen LogP contribution in [0.2, 0.25) is 0 Å². The maximum Gasteiger partial charge on any atom is 0.253 e. The average molecular weight is 356 g/mol. The first-order chi connectivity index (χ1) is 12.0. The van der Waals surface area contributed by atoms with Gasteiger partial charge in [-0.15, -0.1) is 0 Å². The number of carbonyl (C=O) groups excluding carboxylic acids is 2. The summed E-state index contributed by atoms with van der Waals surface area (Å²) >= 11 is 1.28. The van der Waals surface area contributed by atoms with Crippen molar-refractivity contribution in [3.05, 3.63) is 47.3 Å². The summed E-state index contributed by atoms with van der Waals surface area (Å²) in [5, 5.41) is 6.32. The lowest BCUT2D eigenvalue weighted by atomic mass is 10.1. The van der Waals surface area contributed by atoms with Crippen molar-refractivity contribution in [3.63, 3.8) is 0 Å². The van der Waals surface area contributed by atoms with Gasteiger partial charge < -0.3 is 10.6 Å². The standard InChI is InChI=1S/C18H20N4O2S/c1-11-9-12(2)20-18(19-11)25-10-16(23)22-15-6-4-3-5-14(15)17(24)21-13-7-8-13/h3-6,9,13H,7-8,10H2,1-2H3,(H,21,24)(H,22,23). The SMILES string of the molecule is Cc1cc(C)nc(SCC(=O)Nc2ccccc2C(=O)NC2CC2)n1. The van der Waals surface area contributed by atoms with Crippen LogP contribution in [0, 0.1) is 13.8 Å². The Bertz CT molecular complexity index is 785. The van der Waals surface area contributed by atoms with Crippen LogP contribution in [0.15, 0.2) is 35.5 Å². The molecule has 1 aliphatic rings. The van der Waals surface area contributed by atoms with Crippen molar-refractivity contribution in [2.24, 2.45) is 0 Å². The third-order valence-electron chi connectivity index (χ3n) is 3.65. The molecule has 0 radical (unpaired) electrons. The van der Waals surface area contributed by atoms with E-state index in [4.69, 9.17) is 0 Å². The van der Waals surface area contributed by atoms with E-state index >= 15 is 0 Å². The zero-order chi connectivity index (χ0) is 17.8. The highest BCUT2D eigenvalue weighted by atomic mass is 32.2. The monoisotopic (exact) mass is 356 g/mol. The molecule has 25 heavy (non-hydrogen) atoms. The van der Waals surface area contributed by atoms with E-state index in [1.165, 1.54) is 11.8 Å². The second-order valence-corrected chi connectivity index (χ2v) is 7.01. The van der Waals surface area contributed by atoms with Gasteiger partial charge >= 0.3 is 0 Å². The number of thioether (sulfide) groups is 1. The number of para-hydroxylation sites is 1. The molecule has 1 heterocycles. The minimum Gasteiger partial charge on any atom is -0.349 e. The Hall–Kier alpha value is -2.41. The molecule has 2 N–H and O–H groups in total. The van der Waals surface area contributed by atoms with Gasteiger partial charge in [0.05, 0.1) is 17.0 Å². The van der Waals surface area contributed by atoms with Crippen molar-refractivity contribution in [2.75, 3.05) is 11.1 Å². The van der Waals surface area contributed by atoms with Gasteiger partial charge in [-0.1, -0.05) is 23.9 Å². The normalized spacial score (nSPS) is 13.4. The van der Waals surface area contributed by atoms with Gasteiger partial charge in [0.1, 0.15) is 0 Å². The van der Waals surface area contributed by atoms with Crippen molar-refractivity contribution in [2.45, 2.75) is 37.9 Å². The fraction of sp³-hybridized carbons (Fsp3) is 0.333. The Balaban J connectivity index is 1.61. The molecule has 130 valence electrons. The van der Waals surface area contributed by atoms with Gasteiger partial charge in [-0.2, -0.15) is 0 Å². The number of amides is 2. The van der Waals surface area contributed by atoms with Crippen molar-refractivity contribution in [3.8, 4) is 0 Å². The highest BCUT2D eigenvalue weighted by molar-refractivity contribution is 7.99. The molecular formula is C18H20N4O2S. The van der Waals surface area contributed by atoms with E-state index in [0.717, 1.165) is 24.2 Å². The fourth-order valence-corrected chi connectivity index (χ4v) is 3.10. The topological polar surface area (TPSA) is 84.0 Å². The van der Waals surface area contributed by atoms with Crippen LogP contribution in [0.25, 0.3) is 0 Å². The van der Waals surface area contributed by atoms with Gasteiger partial charge in [0, 0.05) is 17.4 Å². The summed E-state index contributed by atoms with van der Waals surface area (Å²) in [4.78, 5) is 33.1. The van der Waals surface area contributed by atoms with Gasteiger partial charge in [0.15, 0.2) is 5.16 Å². The van der Waals surface area contributed by atoms with Crippen molar-refractivity contribution < 1.29 is 9.59 Å². The molecule has 7 heteroatoms. The summed E-state index contributed by atoms with van der Waals surface area (Å²) in [5.41, 5.74) is 2.75. The van der Waals surface area contributed by atoms with Crippen molar-refractivity contribution in [1.82, 2.24) is 15.3 Å². The number of benzene rings is 1. The molecule has 3 rings (SSSR count). The van der Waals surface area contributed by atoms with Gasteiger partial charge in [-0.05, 0) is 44.9 Å². The highest BCUT2D eigenvalue weighted by Gasteiger charge is 2.25. The minimum atomic E-state index is -0.195. The number of aryl methyl sites for hydroxylation is 2. The highest BCUT2D eigenvalue weighted by Crippen LogP contribution is 2.22. The zero-order valence-electron chi connectivity index (χ0n) is 14.2. The second kappa shape index (κ2) is 7.65. The molecule has 1 aliphatic carbocycles. The Morgan fingerprint density at radius 2 is 1.84 bits per heavy atom. The Labute approximate surface area is 150 Å². The number of hydrogen-bond acceptors (Lipinski definition) is 5. The third-order valence-corrected chi connectivity index (χ3v) is 4.50. The van der Waals surface area contributed by atoms with E-state index in [2.05, 4.69) is 20.6 Å². The lowest BCUT2D eigenvalue weighted by Gasteiger charge is -2.11. The van der Waals surface area contributed by atoms with Crippen LogP contribution < -0.4 is 10.6 Å². The molecule has 0 unspecified atom stereocenters. The second-order valence-electron chi connectivity index (χ2n) is 6.06. The smallest absolute Gasteiger partial charge is 0.253 e. The predicted molar refractivity (Wildman–Crippen MR) is 97.8 cm³/mol. The van der Waals surface area contributed by atoms with Crippen molar-refractivity contribution in [1.29, 1.82) is 0 Å². The van der Waals surface area contributed by atoms with Crippen LogP contribution in [-0.4, -0.2) is 33.6 Å².